The number of nitrogens with zero attached hydrogens (tertiary/aromatic N) is 3. The predicted molar refractivity (Wildman–Crippen MR) is 78.8 cm³/mol. The fraction of sp³-hybridized carbons (Fsp3) is 0.200. The Balaban J connectivity index is 2.04. The van der Waals surface area contributed by atoms with Crippen molar-refractivity contribution in [1.82, 2.24) is 14.5 Å². The van der Waals surface area contributed by atoms with Gasteiger partial charge in [-0.15, -0.1) is 0 Å². The molecule has 3 aromatic rings. The standard InChI is InChI=1S/C15H16N4O/c1-10-17-5-6-19(10)9-12-7-11-3-4-13(20-2)8-14(11)18-15(12)16/h3-8H,9H2,1-2H3,(H2,16,18). The van der Waals surface area contributed by atoms with Gasteiger partial charge in [-0.2, -0.15) is 0 Å². The van der Waals surface area contributed by atoms with Crippen LogP contribution >= 0.6 is 0 Å². The van der Waals surface area contributed by atoms with Gasteiger partial charge in [0.25, 0.3) is 0 Å². The second-order valence-electron chi connectivity index (χ2n) is 4.69. The number of pyridine rings is 1. The number of nitrogens with two attached hydrogens (primary N) is 1. The van der Waals surface area contributed by atoms with Crippen molar-refractivity contribution in [3.63, 3.8) is 0 Å². The molecule has 5 heteroatoms. The first-order valence-corrected chi connectivity index (χ1v) is 6.38. The molecule has 0 fully saturated rings. The molecule has 0 bridgehead atoms. The van der Waals surface area contributed by atoms with E-state index >= 15 is 0 Å². The molecule has 2 aromatic heterocycles. The Labute approximate surface area is 117 Å². The van der Waals surface area contributed by atoms with Gasteiger partial charge in [-0.1, -0.05) is 0 Å². The quantitative estimate of drug-likeness (QED) is 0.792. The van der Waals surface area contributed by atoms with Gasteiger partial charge in [0, 0.05) is 29.4 Å². The number of hydrogen-bond donors (Lipinski definition) is 1. The lowest BCUT2D eigenvalue weighted by molar-refractivity contribution is 0.415. The first kappa shape index (κ1) is 12.5. The molecule has 2 N–H and O–H groups in total. The number of hydrogen-bond acceptors (Lipinski definition) is 4. The Morgan fingerprint density at radius 2 is 2.15 bits per heavy atom. The van der Waals surface area contributed by atoms with Crippen LogP contribution < -0.4 is 10.5 Å². The molecule has 2 heterocycles. The van der Waals surface area contributed by atoms with E-state index in [9.17, 15) is 0 Å². The number of methoxy groups -OCH3 is 1. The molecule has 0 aliphatic carbocycles. The van der Waals surface area contributed by atoms with E-state index in [1.165, 1.54) is 0 Å². The average Bonchev–Trinajstić information content (AvgIpc) is 2.84. The molecular formula is C15H16N4O. The number of imidazole rings is 1. The van der Waals surface area contributed by atoms with E-state index in [2.05, 4.69) is 16.0 Å². The molecule has 102 valence electrons. The van der Waals surface area contributed by atoms with Gasteiger partial charge in [0.15, 0.2) is 0 Å². The van der Waals surface area contributed by atoms with Crippen molar-refractivity contribution < 1.29 is 4.74 Å². The number of aryl methyl sites for hydroxylation is 1. The summed E-state index contributed by atoms with van der Waals surface area (Å²) in [4.78, 5) is 8.67. The van der Waals surface area contributed by atoms with E-state index < -0.39 is 0 Å². The Morgan fingerprint density at radius 3 is 2.85 bits per heavy atom. The number of ether oxygens (including phenoxy) is 1. The van der Waals surface area contributed by atoms with Gasteiger partial charge in [0.05, 0.1) is 19.2 Å². The lowest BCUT2D eigenvalue weighted by Gasteiger charge is -2.10. The van der Waals surface area contributed by atoms with Crippen LogP contribution in [-0.2, 0) is 6.54 Å². The highest BCUT2D eigenvalue weighted by molar-refractivity contribution is 5.82. The van der Waals surface area contributed by atoms with Crippen molar-refractivity contribution in [1.29, 1.82) is 0 Å². The number of anilines is 1. The summed E-state index contributed by atoms with van der Waals surface area (Å²) in [6.45, 7) is 2.64. The van der Waals surface area contributed by atoms with Crippen LogP contribution in [0.15, 0.2) is 36.7 Å². The molecule has 0 spiro atoms. The van der Waals surface area contributed by atoms with Crippen LogP contribution in [-0.4, -0.2) is 21.6 Å². The molecule has 0 aliphatic heterocycles. The third-order valence-corrected chi connectivity index (χ3v) is 3.40. The third kappa shape index (κ3) is 2.18. The van der Waals surface area contributed by atoms with Crippen molar-refractivity contribution in [2.45, 2.75) is 13.5 Å². The van der Waals surface area contributed by atoms with Crippen LogP contribution in [0.4, 0.5) is 5.82 Å². The SMILES string of the molecule is COc1ccc2cc(Cn3ccnc3C)c(N)nc2c1. The van der Waals surface area contributed by atoms with Crippen LogP contribution in [0.2, 0.25) is 0 Å². The van der Waals surface area contributed by atoms with E-state index in [0.717, 1.165) is 28.0 Å². The second-order valence-corrected chi connectivity index (χ2v) is 4.69. The van der Waals surface area contributed by atoms with Gasteiger partial charge < -0.3 is 15.0 Å². The summed E-state index contributed by atoms with van der Waals surface area (Å²) >= 11 is 0. The Kier molecular flexibility index (Phi) is 3.02. The van der Waals surface area contributed by atoms with Crippen molar-refractivity contribution in [3.8, 4) is 5.75 Å². The summed E-state index contributed by atoms with van der Waals surface area (Å²) < 4.78 is 7.24. The summed E-state index contributed by atoms with van der Waals surface area (Å²) in [7, 11) is 1.64. The monoisotopic (exact) mass is 268 g/mol. The Morgan fingerprint density at radius 1 is 1.30 bits per heavy atom. The third-order valence-electron chi connectivity index (χ3n) is 3.40. The van der Waals surface area contributed by atoms with E-state index in [4.69, 9.17) is 10.5 Å². The predicted octanol–water partition coefficient (Wildman–Crippen LogP) is 2.38. The smallest absolute Gasteiger partial charge is 0.129 e. The first-order chi connectivity index (χ1) is 9.67. The lowest BCUT2D eigenvalue weighted by Crippen LogP contribution is -2.05. The van der Waals surface area contributed by atoms with Crippen LogP contribution in [0, 0.1) is 6.92 Å². The molecule has 0 aliphatic rings. The number of rotatable bonds is 3. The first-order valence-electron chi connectivity index (χ1n) is 6.38. The zero-order valence-corrected chi connectivity index (χ0v) is 11.5. The highest BCUT2D eigenvalue weighted by Crippen LogP contribution is 2.23. The Bertz CT molecular complexity index is 764. The van der Waals surface area contributed by atoms with E-state index in [0.29, 0.717) is 12.4 Å². The molecular weight excluding hydrogens is 252 g/mol. The zero-order chi connectivity index (χ0) is 14.1. The summed E-state index contributed by atoms with van der Waals surface area (Å²) in [6, 6.07) is 7.87. The van der Waals surface area contributed by atoms with Crippen molar-refractivity contribution in [2.24, 2.45) is 0 Å². The van der Waals surface area contributed by atoms with Gasteiger partial charge >= 0.3 is 0 Å². The molecule has 3 rings (SSSR count). The van der Waals surface area contributed by atoms with Gasteiger partial charge in [-0.25, -0.2) is 9.97 Å². The maximum atomic E-state index is 6.06. The molecule has 0 amide bonds. The minimum atomic E-state index is 0.541. The normalized spacial score (nSPS) is 10.9. The Hall–Kier alpha value is -2.56. The molecule has 1 aromatic carbocycles. The molecule has 0 unspecified atom stereocenters. The van der Waals surface area contributed by atoms with Crippen molar-refractivity contribution >= 4 is 16.7 Å². The van der Waals surface area contributed by atoms with Crippen LogP contribution in [0.1, 0.15) is 11.4 Å². The fourth-order valence-corrected chi connectivity index (χ4v) is 2.21. The number of fused-ring (bicyclic) bond motifs is 1. The van der Waals surface area contributed by atoms with Crippen molar-refractivity contribution in [3.05, 3.63) is 48.0 Å². The molecule has 0 saturated carbocycles. The molecule has 0 radical (unpaired) electrons. The van der Waals surface area contributed by atoms with E-state index in [1.54, 1.807) is 13.3 Å². The summed E-state index contributed by atoms with van der Waals surface area (Å²) in [5, 5.41) is 1.05. The fourth-order valence-electron chi connectivity index (χ4n) is 2.21. The van der Waals surface area contributed by atoms with Gasteiger partial charge in [-0.05, 0) is 25.1 Å². The number of aromatic nitrogens is 3. The molecule has 20 heavy (non-hydrogen) atoms. The van der Waals surface area contributed by atoms with Gasteiger partial charge in [-0.3, -0.25) is 0 Å². The van der Waals surface area contributed by atoms with Crippen LogP contribution in [0.25, 0.3) is 10.9 Å². The highest BCUT2D eigenvalue weighted by atomic mass is 16.5. The summed E-state index contributed by atoms with van der Waals surface area (Å²) in [5.74, 6) is 2.28. The topological polar surface area (TPSA) is 66.0 Å². The van der Waals surface area contributed by atoms with Gasteiger partial charge in [0.1, 0.15) is 17.4 Å². The maximum Gasteiger partial charge on any atom is 0.129 e. The number of nitrogen functional groups attached to an aromatic ring is 1. The lowest BCUT2D eigenvalue weighted by atomic mass is 10.1. The van der Waals surface area contributed by atoms with E-state index in [1.807, 2.05) is 35.9 Å². The van der Waals surface area contributed by atoms with Crippen LogP contribution in [0.5, 0.6) is 5.75 Å². The number of benzene rings is 1. The zero-order valence-electron chi connectivity index (χ0n) is 11.5. The molecule has 5 nitrogen and oxygen atoms in total. The maximum absolute atomic E-state index is 6.06. The summed E-state index contributed by atoms with van der Waals surface area (Å²) in [5.41, 5.74) is 7.89. The average molecular weight is 268 g/mol. The second kappa shape index (κ2) is 4.85. The highest BCUT2D eigenvalue weighted by Gasteiger charge is 2.07. The van der Waals surface area contributed by atoms with Crippen molar-refractivity contribution in [2.75, 3.05) is 12.8 Å². The largest absolute Gasteiger partial charge is 0.497 e. The molecule has 0 saturated heterocycles. The summed E-state index contributed by atoms with van der Waals surface area (Å²) in [6.07, 6.45) is 3.72. The molecule has 0 atom stereocenters. The van der Waals surface area contributed by atoms with Gasteiger partial charge in [0.2, 0.25) is 0 Å². The van der Waals surface area contributed by atoms with E-state index in [-0.39, 0.29) is 0 Å². The minimum Gasteiger partial charge on any atom is -0.497 e. The van der Waals surface area contributed by atoms with Crippen LogP contribution in [0.3, 0.4) is 0 Å². The minimum absolute atomic E-state index is 0.541.